The molecule has 0 aromatic heterocycles. The van der Waals surface area contributed by atoms with E-state index in [1.54, 1.807) is 18.2 Å². The summed E-state index contributed by atoms with van der Waals surface area (Å²) in [6.07, 6.45) is -0.0284. The van der Waals surface area contributed by atoms with Crippen molar-refractivity contribution < 1.29 is 9.84 Å². The summed E-state index contributed by atoms with van der Waals surface area (Å²) in [6.45, 7) is 4.10. The van der Waals surface area contributed by atoms with E-state index in [1.807, 2.05) is 32.0 Å². The lowest BCUT2D eigenvalue weighted by molar-refractivity contribution is 0.138. The van der Waals surface area contributed by atoms with Gasteiger partial charge in [-0.1, -0.05) is 35.3 Å². The van der Waals surface area contributed by atoms with E-state index in [2.05, 4.69) is 0 Å². The molecular formula is C17H16Cl2O2. The molecule has 1 unspecified atom stereocenters. The summed E-state index contributed by atoms with van der Waals surface area (Å²) in [6, 6.07) is 10.9. The first-order valence-electron chi connectivity index (χ1n) is 6.81. The van der Waals surface area contributed by atoms with Gasteiger partial charge in [0.05, 0.1) is 0 Å². The molecule has 1 aliphatic rings. The van der Waals surface area contributed by atoms with E-state index < -0.39 is 6.10 Å². The van der Waals surface area contributed by atoms with Crippen LogP contribution in [0, 0.1) is 0 Å². The van der Waals surface area contributed by atoms with Gasteiger partial charge in [-0.3, -0.25) is 0 Å². The van der Waals surface area contributed by atoms with E-state index in [0.717, 1.165) is 23.3 Å². The lowest BCUT2D eigenvalue weighted by Crippen LogP contribution is -2.24. The van der Waals surface area contributed by atoms with Crippen LogP contribution < -0.4 is 4.74 Å². The third-order valence-corrected chi connectivity index (χ3v) is 4.34. The van der Waals surface area contributed by atoms with Crippen LogP contribution in [-0.4, -0.2) is 10.7 Å². The van der Waals surface area contributed by atoms with Crippen LogP contribution >= 0.6 is 23.2 Å². The van der Waals surface area contributed by atoms with E-state index in [1.165, 1.54) is 0 Å². The van der Waals surface area contributed by atoms with Crippen molar-refractivity contribution in [3.8, 4) is 5.75 Å². The smallest absolute Gasteiger partial charge is 0.123 e. The number of aliphatic hydroxyl groups excluding tert-OH is 1. The standard InChI is InChI=1S/C17H16Cl2O2/c1-17(2)9-11-8-10(6-7-14(11)21-17)16(20)15-12(18)4-3-5-13(15)19/h3-8,16,20H,9H2,1-2H3. The Bertz CT molecular complexity index is 675. The summed E-state index contributed by atoms with van der Waals surface area (Å²) in [4.78, 5) is 0. The summed E-state index contributed by atoms with van der Waals surface area (Å²) < 4.78 is 5.85. The molecular weight excluding hydrogens is 307 g/mol. The van der Waals surface area contributed by atoms with Crippen molar-refractivity contribution in [1.29, 1.82) is 0 Å². The van der Waals surface area contributed by atoms with E-state index >= 15 is 0 Å². The van der Waals surface area contributed by atoms with Crippen molar-refractivity contribution in [2.45, 2.75) is 32.0 Å². The molecule has 1 aliphatic heterocycles. The highest BCUT2D eigenvalue weighted by Gasteiger charge is 2.30. The van der Waals surface area contributed by atoms with Gasteiger partial charge >= 0.3 is 0 Å². The molecule has 3 rings (SSSR count). The zero-order valence-corrected chi connectivity index (χ0v) is 13.4. The summed E-state index contributed by atoms with van der Waals surface area (Å²) >= 11 is 12.3. The first kappa shape index (κ1) is 14.7. The molecule has 1 N–H and O–H groups in total. The molecule has 2 nitrogen and oxygen atoms in total. The second kappa shape index (κ2) is 5.20. The average molecular weight is 323 g/mol. The Morgan fingerprint density at radius 1 is 1.14 bits per heavy atom. The molecule has 21 heavy (non-hydrogen) atoms. The zero-order valence-electron chi connectivity index (χ0n) is 11.9. The fourth-order valence-electron chi connectivity index (χ4n) is 2.74. The van der Waals surface area contributed by atoms with Gasteiger partial charge in [0, 0.05) is 22.0 Å². The fourth-order valence-corrected chi connectivity index (χ4v) is 3.34. The quantitative estimate of drug-likeness (QED) is 0.861. The number of rotatable bonds is 2. The topological polar surface area (TPSA) is 29.5 Å². The van der Waals surface area contributed by atoms with E-state index in [4.69, 9.17) is 27.9 Å². The molecule has 0 aliphatic carbocycles. The monoisotopic (exact) mass is 322 g/mol. The van der Waals surface area contributed by atoms with E-state index in [0.29, 0.717) is 15.6 Å². The molecule has 0 saturated carbocycles. The molecule has 0 fully saturated rings. The first-order valence-corrected chi connectivity index (χ1v) is 7.57. The lowest BCUT2D eigenvalue weighted by Gasteiger charge is -2.16. The Labute approximate surface area is 134 Å². The predicted octanol–water partition coefficient (Wildman–Crippen LogP) is 4.79. The number of hydrogen-bond donors (Lipinski definition) is 1. The summed E-state index contributed by atoms with van der Waals surface area (Å²) in [5.74, 6) is 0.876. The highest BCUT2D eigenvalue weighted by Crippen LogP contribution is 2.39. The SMILES string of the molecule is CC1(C)Cc2cc(C(O)c3c(Cl)cccc3Cl)ccc2O1. The molecule has 2 aromatic rings. The molecule has 1 atom stereocenters. The van der Waals surface area contributed by atoms with Gasteiger partial charge in [-0.15, -0.1) is 0 Å². The minimum Gasteiger partial charge on any atom is -0.487 e. The van der Waals surface area contributed by atoms with Gasteiger partial charge in [0.2, 0.25) is 0 Å². The van der Waals surface area contributed by atoms with Crippen LogP contribution in [0.2, 0.25) is 10.0 Å². The van der Waals surface area contributed by atoms with Gasteiger partial charge in [-0.05, 0) is 49.2 Å². The maximum absolute atomic E-state index is 10.6. The third kappa shape index (κ3) is 2.76. The van der Waals surface area contributed by atoms with Crippen LogP contribution in [0.1, 0.15) is 36.6 Å². The van der Waals surface area contributed by atoms with Crippen molar-refractivity contribution in [2.75, 3.05) is 0 Å². The fraction of sp³-hybridized carbons (Fsp3) is 0.294. The Morgan fingerprint density at radius 3 is 2.48 bits per heavy atom. The number of halogens is 2. The minimum atomic E-state index is -0.847. The molecule has 4 heteroatoms. The molecule has 0 amide bonds. The maximum atomic E-state index is 10.6. The average Bonchev–Trinajstić information content (AvgIpc) is 2.70. The number of hydrogen-bond acceptors (Lipinski definition) is 2. The Balaban J connectivity index is 1.99. The Kier molecular flexibility index (Phi) is 3.64. The normalized spacial score (nSPS) is 17.2. The van der Waals surface area contributed by atoms with Gasteiger partial charge in [0.25, 0.3) is 0 Å². The summed E-state index contributed by atoms with van der Waals surface area (Å²) in [5, 5.41) is 11.5. The van der Waals surface area contributed by atoms with Gasteiger partial charge in [0.1, 0.15) is 17.5 Å². The van der Waals surface area contributed by atoms with Crippen molar-refractivity contribution >= 4 is 23.2 Å². The predicted molar refractivity (Wildman–Crippen MR) is 85.4 cm³/mol. The maximum Gasteiger partial charge on any atom is 0.123 e. The summed E-state index contributed by atoms with van der Waals surface area (Å²) in [7, 11) is 0. The van der Waals surface area contributed by atoms with Crippen LogP contribution in [-0.2, 0) is 6.42 Å². The third-order valence-electron chi connectivity index (χ3n) is 3.68. The van der Waals surface area contributed by atoms with E-state index in [-0.39, 0.29) is 5.60 Å². The zero-order chi connectivity index (χ0) is 15.2. The van der Waals surface area contributed by atoms with Crippen molar-refractivity contribution in [1.82, 2.24) is 0 Å². The molecule has 0 bridgehead atoms. The van der Waals surface area contributed by atoms with Gasteiger partial charge in [0.15, 0.2) is 0 Å². The van der Waals surface area contributed by atoms with E-state index in [9.17, 15) is 5.11 Å². The van der Waals surface area contributed by atoms with Crippen molar-refractivity contribution in [2.24, 2.45) is 0 Å². The van der Waals surface area contributed by atoms with Crippen LogP contribution in [0.15, 0.2) is 36.4 Å². The van der Waals surface area contributed by atoms with Gasteiger partial charge in [-0.2, -0.15) is 0 Å². The Morgan fingerprint density at radius 2 is 1.81 bits per heavy atom. The number of ether oxygens (including phenoxy) is 1. The van der Waals surface area contributed by atoms with Gasteiger partial charge < -0.3 is 9.84 Å². The van der Waals surface area contributed by atoms with Crippen LogP contribution in [0.5, 0.6) is 5.75 Å². The molecule has 0 radical (unpaired) electrons. The molecule has 2 aromatic carbocycles. The number of benzene rings is 2. The van der Waals surface area contributed by atoms with Gasteiger partial charge in [-0.25, -0.2) is 0 Å². The van der Waals surface area contributed by atoms with Crippen LogP contribution in [0.4, 0.5) is 0 Å². The van der Waals surface area contributed by atoms with Crippen molar-refractivity contribution in [3.63, 3.8) is 0 Å². The molecule has 110 valence electrons. The van der Waals surface area contributed by atoms with Crippen molar-refractivity contribution in [3.05, 3.63) is 63.1 Å². The number of aliphatic hydroxyl groups is 1. The first-order chi connectivity index (χ1) is 9.87. The van der Waals surface area contributed by atoms with Crippen LogP contribution in [0.25, 0.3) is 0 Å². The molecule has 1 heterocycles. The largest absolute Gasteiger partial charge is 0.487 e. The van der Waals surface area contributed by atoms with Crippen LogP contribution in [0.3, 0.4) is 0 Å². The highest BCUT2D eigenvalue weighted by molar-refractivity contribution is 6.36. The minimum absolute atomic E-state index is 0.200. The molecule has 0 spiro atoms. The number of fused-ring (bicyclic) bond motifs is 1. The lowest BCUT2D eigenvalue weighted by atomic mass is 9.96. The second-order valence-electron chi connectivity index (χ2n) is 5.94. The molecule has 0 saturated heterocycles. The summed E-state index contributed by atoms with van der Waals surface area (Å²) in [5.41, 5.74) is 2.21. The second-order valence-corrected chi connectivity index (χ2v) is 6.76. The Hall–Kier alpha value is -1.22. The highest BCUT2D eigenvalue weighted by atomic mass is 35.5.